The third-order valence-corrected chi connectivity index (χ3v) is 6.07. The predicted molar refractivity (Wildman–Crippen MR) is 120 cm³/mol. The molecule has 1 saturated heterocycles. The van der Waals surface area contributed by atoms with Crippen LogP contribution in [0.2, 0.25) is 0 Å². The molecule has 1 aromatic carbocycles. The van der Waals surface area contributed by atoms with Crippen molar-refractivity contribution in [1.82, 2.24) is 25.4 Å². The van der Waals surface area contributed by atoms with Gasteiger partial charge in [-0.1, -0.05) is 17.3 Å². The highest BCUT2D eigenvalue weighted by molar-refractivity contribution is 5.68. The Bertz CT molecular complexity index is 1350. The lowest BCUT2D eigenvalue weighted by Gasteiger charge is -2.30. The summed E-state index contributed by atoms with van der Waals surface area (Å²) in [7, 11) is 0. The van der Waals surface area contributed by atoms with Gasteiger partial charge in [0.15, 0.2) is 5.76 Å². The van der Waals surface area contributed by atoms with E-state index in [4.69, 9.17) is 9.51 Å². The maximum atomic E-state index is 14.2. The molecule has 5 rings (SSSR count). The first-order valence-corrected chi connectivity index (χ1v) is 10.7. The van der Waals surface area contributed by atoms with Crippen molar-refractivity contribution in [2.45, 2.75) is 25.2 Å². The van der Waals surface area contributed by atoms with Crippen molar-refractivity contribution in [1.29, 1.82) is 5.26 Å². The van der Waals surface area contributed by atoms with Crippen molar-refractivity contribution >= 4 is 0 Å². The SMILES string of the molecule is Cc1ncc(-c2ccnc(C3(C#N)CCNCC3)c2)nc1-c1cc(-c2ccccc2F)no1. The normalized spacial score (nSPS) is 15.2. The van der Waals surface area contributed by atoms with E-state index in [9.17, 15) is 9.65 Å². The van der Waals surface area contributed by atoms with Gasteiger partial charge in [-0.05, 0) is 57.1 Å². The zero-order chi connectivity index (χ0) is 22.8. The standard InChI is InChI=1S/C25H21FN6O/c1-16-24(22-13-20(32-33-22)18-4-2-3-5-19(18)26)31-21(14-30-16)17-6-9-29-23(12-17)25(15-27)7-10-28-11-8-25/h2-6,9,12-14,28H,7-8,10-11H2,1H3. The Kier molecular flexibility index (Phi) is 5.40. The molecular weight excluding hydrogens is 419 g/mol. The second-order valence-electron chi connectivity index (χ2n) is 8.12. The molecule has 0 unspecified atom stereocenters. The zero-order valence-electron chi connectivity index (χ0n) is 18.0. The second-order valence-corrected chi connectivity index (χ2v) is 8.12. The Morgan fingerprint density at radius 2 is 1.91 bits per heavy atom. The Morgan fingerprint density at radius 1 is 1.09 bits per heavy atom. The molecule has 0 saturated carbocycles. The van der Waals surface area contributed by atoms with Crippen LogP contribution in [-0.4, -0.2) is 33.2 Å². The van der Waals surface area contributed by atoms with Crippen LogP contribution in [0.1, 0.15) is 24.2 Å². The molecule has 1 fully saturated rings. The van der Waals surface area contributed by atoms with Crippen LogP contribution < -0.4 is 5.32 Å². The van der Waals surface area contributed by atoms with Gasteiger partial charge in [0, 0.05) is 23.4 Å². The molecule has 4 aromatic rings. The maximum Gasteiger partial charge on any atom is 0.187 e. The van der Waals surface area contributed by atoms with Gasteiger partial charge in [-0.25, -0.2) is 9.37 Å². The molecule has 1 N–H and O–H groups in total. The van der Waals surface area contributed by atoms with E-state index in [2.05, 4.69) is 26.5 Å². The Labute approximate surface area is 190 Å². The summed E-state index contributed by atoms with van der Waals surface area (Å²) in [5, 5.41) is 17.2. The third kappa shape index (κ3) is 3.88. The first kappa shape index (κ1) is 20.9. The first-order chi connectivity index (χ1) is 16.1. The lowest BCUT2D eigenvalue weighted by atomic mass is 9.77. The number of halogens is 1. The molecule has 33 heavy (non-hydrogen) atoms. The Morgan fingerprint density at radius 3 is 2.70 bits per heavy atom. The van der Waals surface area contributed by atoms with Crippen molar-refractivity contribution in [3.8, 4) is 40.0 Å². The summed E-state index contributed by atoms with van der Waals surface area (Å²) >= 11 is 0. The molecule has 0 aliphatic carbocycles. The highest BCUT2D eigenvalue weighted by Gasteiger charge is 2.35. The van der Waals surface area contributed by atoms with Gasteiger partial charge in [0.2, 0.25) is 0 Å². The maximum absolute atomic E-state index is 14.2. The fraction of sp³-hybridized carbons (Fsp3) is 0.240. The molecule has 4 heterocycles. The van der Waals surface area contributed by atoms with E-state index in [0.717, 1.165) is 24.3 Å². The molecule has 1 aliphatic heterocycles. The van der Waals surface area contributed by atoms with Gasteiger partial charge in [0.25, 0.3) is 0 Å². The molecule has 164 valence electrons. The van der Waals surface area contributed by atoms with Crippen LogP contribution in [0.3, 0.4) is 0 Å². The van der Waals surface area contributed by atoms with Crippen LogP contribution >= 0.6 is 0 Å². The van der Waals surface area contributed by atoms with Gasteiger partial charge in [0.1, 0.15) is 22.6 Å². The molecule has 0 bridgehead atoms. The summed E-state index contributed by atoms with van der Waals surface area (Å²) < 4.78 is 19.7. The Hall–Kier alpha value is -3.96. The van der Waals surface area contributed by atoms with Crippen LogP contribution in [0, 0.1) is 24.1 Å². The van der Waals surface area contributed by atoms with Crippen LogP contribution in [0.15, 0.2) is 59.4 Å². The minimum Gasteiger partial charge on any atom is -0.354 e. The monoisotopic (exact) mass is 440 g/mol. The number of nitrogens with one attached hydrogen (secondary N) is 1. The summed E-state index contributed by atoms with van der Waals surface area (Å²) in [6.45, 7) is 3.39. The van der Waals surface area contributed by atoms with E-state index in [1.54, 1.807) is 36.7 Å². The van der Waals surface area contributed by atoms with E-state index in [1.807, 2.05) is 19.1 Å². The number of benzene rings is 1. The summed E-state index contributed by atoms with van der Waals surface area (Å²) in [5.41, 5.74) is 3.52. The van der Waals surface area contributed by atoms with Gasteiger partial charge < -0.3 is 9.84 Å². The molecule has 3 aromatic heterocycles. The average Bonchev–Trinajstić information content (AvgIpc) is 3.35. The van der Waals surface area contributed by atoms with Gasteiger partial charge >= 0.3 is 0 Å². The molecule has 0 spiro atoms. The quantitative estimate of drug-likeness (QED) is 0.500. The number of pyridine rings is 1. The number of aryl methyl sites for hydroxylation is 1. The number of rotatable bonds is 4. The minimum atomic E-state index is -0.609. The van der Waals surface area contributed by atoms with Crippen LogP contribution in [-0.2, 0) is 5.41 Å². The smallest absolute Gasteiger partial charge is 0.187 e. The summed E-state index contributed by atoms with van der Waals surface area (Å²) in [6, 6.07) is 14.3. The molecule has 0 radical (unpaired) electrons. The largest absolute Gasteiger partial charge is 0.354 e. The zero-order valence-corrected chi connectivity index (χ0v) is 18.0. The van der Waals surface area contributed by atoms with Gasteiger partial charge in [0.05, 0.1) is 29.3 Å². The van der Waals surface area contributed by atoms with Gasteiger partial charge in [-0.3, -0.25) is 9.97 Å². The van der Waals surface area contributed by atoms with E-state index < -0.39 is 5.41 Å². The molecule has 8 heteroatoms. The van der Waals surface area contributed by atoms with Crippen LogP contribution in [0.4, 0.5) is 4.39 Å². The topological polar surface area (TPSA) is 101 Å². The fourth-order valence-electron chi connectivity index (χ4n) is 4.13. The predicted octanol–water partition coefficient (Wildman–Crippen LogP) is 4.45. The lowest BCUT2D eigenvalue weighted by molar-refractivity contribution is 0.375. The van der Waals surface area contributed by atoms with E-state index in [-0.39, 0.29) is 5.82 Å². The molecular formula is C25H21FN6O. The van der Waals surface area contributed by atoms with Crippen molar-refractivity contribution in [2.24, 2.45) is 0 Å². The molecule has 0 atom stereocenters. The van der Waals surface area contributed by atoms with E-state index >= 15 is 0 Å². The molecule has 7 nitrogen and oxygen atoms in total. The minimum absolute atomic E-state index is 0.358. The Balaban J connectivity index is 1.52. The van der Waals surface area contributed by atoms with Crippen molar-refractivity contribution in [3.63, 3.8) is 0 Å². The third-order valence-electron chi connectivity index (χ3n) is 6.07. The van der Waals surface area contributed by atoms with Crippen molar-refractivity contribution in [2.75, 3.05) is 13.1 Å². The van der Waals surface area contributed by atoms with Crippen molar-refractivity contribution in [3.05, 3.63) is 72.1 Å². The summed E-state index contributed by atoms with van der Waals surface area (Å²) in [6.07, 6.45) is 4.81. The average molecular weight is 440 g/mol. The van der Waals surface area contributed by atoms with Gasteiger partial charge in [-0.2, -0.15) is 5.26 Å². The van der Waals surface area contributed by atoms with Crippen LogP contribution in [0.25, 0.3) is 34.0 Å². The van der Waals surface area contributed by atoms with E-state index in [1.165, 1.54) is 6.07 Å². The molecule has 0 amide bonds. The lowest BCUT2D eigenvalue weighted by Crippen LogP contribution is -2.39. The number of piperidine rings is 1. The number of nitriles is 1. The van der Waals surface area contributed by atoms with E-state index in [0.29, 0.717) is 46.9 Å². The summed E-state index contributed by atoms with van der Waals surface area (Å²) in [5.74, 6) is 0.0313. The second kappa shape index (κ2) is 8.52. The highest BCUT2D eigenvalue weighted by atomic mass is 19.1. The number of nitrogens with zero attached hydrogens (tertiary/aromatic N) is 5. The molecule has 1 aliphatic rings. The fourth-order valence-corrected chi connectivity index (χ4v) is 4.13. The highest BCUT2D eigenvalue weighted by Crippen LogP contribution is 2.34. The van der Waals surface area contributed by atoms with Crippen molar-refractivity contribution < 1.29 is 8.91 Å². The van der Waals surface area contributed by atoms with Crippen LogP contribution in [0.5, 0.6) is 0 Å². The summed E-state index contributed by atoms with van der Waals surface area (Å²) in [4.78, 5) is 13.8. The number of aromatic nitrogens is 4. The van der Waals surface area contributed by atoms with Gasteiger partial charge in [-0.15, -0.1) is 0 Å². The first-order valence-electron chi connectivity index (χ1n) is 10.7. The number of hydrogen-bond donors (Lipinski definition) is 1. The number of hydrogen-bond acceptors (Lipinski definition) is 7.